The van der Waals surface area contributed by atoms with Crippen molar-refractivity contribution in [2.45, 2.75) is 20.0 Å². The standard InChI is InChI=1S/C17H18N2O7/c1-9-5-16(23)26-13-6-11(3-4-12(9)13)25-10(2)17(24)19-7-14(20)18-8-15(21)22/h3-6,10H,7-8H2,1-2H3,(H,18,20)(H,19,24)(H,21,22)/p-1/t10-/m1/s1. The first-order valence-electron chi connectivity index (χ1n) is 7.71. The van der Waals surface area contributed by atoms with Crippen molar-refractivity contribution < 1.29 is 28.6 Å². The van der Waals surface area contributed by atoms with E-state index in [9.17, 15) is 24.3 Å². The summed E-state index contributed by atoms with van der Waals surface area (Å²) in [4.78, 5) is 45.0. The molecule has 0 saturated heterocycles. The fourth-order valence-corrected chi connectivity index (χ4v) is 2.18. The van der Waals surface area contributed by atoms with Gasteiger partial charge in [-0.05, 0) is 31.5 Å². The lowest BCUT2D eigenvalue weighted by atomic mass is 10.1. The molecule has 2 aromatic rings. The first kappa shape index (κ1) is 19.0. The van der Waals surface area contributed by atoms with Crippen molar-refractivity contribution in [1.82, 2.24) is 10.6 Å². The van der Waals surface area contributed by atoms with Crippen LogP contribution >= 0.6 is 0 Å². The van der Waals surface area contributed by atoms with Crippen LogP contribution in [0.4, 0.5) is 0 Å². The number of aryl methyl sites for hydroxylation is 1. The van der Waals surface area contributed by atoms with Crippen molar-refractivity contribution in [3.63, 3.8) is 0 Å². The van der Waals surface area contributed by atoms with Crippen LogP contribution in [-0.4, -0.2) is 37.0 Å². The van der Waals surface area contributed by atoms with Gasteiger partial charge in [-0.25, -0.2) is 4.79 Å². The molecule has 1 aromatic carbocycles. The molecule has 0 bridgehead atoms. The molecule has 2 rings (SSSR count). The lowest BCUT2D eigenvalue weighted by Crippen LogP contribution is -2.45. The first-order valence-corrected chi connectivity index (χ1v) is 7.71. The van der Waals surface area contributed by atoms with Crippen LogP contribution in [0.5, 0.6) is 5.75 Å². The number of ether oxygens (including phenoxy) is 1. The van der Waals surface area contributed by atoms with E-state index in [-0.39, 0.29) is 0 Å². The van der Waals surface area contributed by atoms with Crippen molar-refractivity contribution in [2.24, 2.45) is 0 Å². The Balaban J connectivity index is 1.96. The second-order valence-electron chi connectivity index (χ2n) is 5.53. The maximum absolute atomic E-state index is 11.9. The zero-order valence-corrected chi connectivity index (χ0v) is 14.2. The molecule has 2 N–H and O–H groups in total. The van der Waals surface area contributed by atoms with Gasteiger partial charge in [-0.1, -0.05) is 0 Å². The number of benzene rings is 1. The van der Waals surface area contributed by atoms with Gasteiger partial charge < -0.3 is 29.7 Å². The highest BCUT2D eigenvalue weighted by molar-refractivity contribution is 5.88. The summed E-state index contributed by atoms with van der Waals surface area (Å²) in [6.07, 6.45) is -0.932. The highest BCUT2D eigenvalue weighted by atomic mass is 16.5. The van der Waals surface area contributed by atoms with E-state index in [1.807, 2.05) is 0 Å². The van der Waals surface area contributed by atoms with Crippen molar-refractivity contribution in [3.05, 3.63) is 40.2 Å². The molecule has 0 aliphatic heterocycles. The number of carboxylic acid groups (broad SMARTS) is 1. The Hall–Kier alpha value is -3.36. The van der Waals surface area contributed by atoms with Gasteiger partial charge in [0.15, 0.2) is 6.10 Å². The lowest BCUT2D eigenvalue weighted by Gasteiger charge is -2.15. The Labute approximate surface area is 147 Å². The smallest absolute Gasteiger partial charge is 0.336 e. The van der Waals surface area contributed by atoms with Crippen LogP contribution in [0.2, 0.25) is 0 Å². The number of fused-ring (bicyclic) bond motifs is 1. The Morgan fingerprint density at radius 1 is 1.19 bits per heavy atom. The van der Waals surface area contributed by atoms with Gasteiger partial charge in [0.1, 0.15) is 11.3 Å². The molecule has 0 aliphatic carbocycles. The molecule has 0 fully saturated rings. The Morgan fingerprint density at radius 3 is 2.62 bits per heavy atom. The summed E-state index contributed by atoms with van der Waals surface area (Å²) >= 11 is 0. The van der Waals surface area contributed by atoms with E-state index in [1.165, 1.54) is 19.1 Å². The molecule has 1 aromatic heterocycles. The first-order chi connectivity index (χ1) is 12.3. The number of hydrogen-bond acceptors (Lipinski definition) is 7. The minimum absolute atomic E-state index is 0.315. The highest BCUT2D eigenvalue weighted by Gasteiger charge is 2.16. The summed E-state index contributed by atoms with van der Waals surface area (Å²) in [5.41, 5.74) is 0.610. The lowest BCUT2D eigenvalue weighted by molar-refractivity contribution is -0.304. The van der Waals surface area contributed by atoms with E-state index < -0.39 is 42.6 Å². The maximum atomic E-state index is 11.9. The molecule has 0 aliphatic rings. The average Bonchev–Trinajstić information content (AvgIpc) is 2.57. The van der Waals surface area contributed by atoms with Gasteiger partial charge in [0.25, 0.3) is 5.91 Å². The molecule has 1 heterocycles. The van der Waals surface area contributed by atoms with Gasteiger partial charge in [0.05, 0.1) is 19.1 Å². The number of carboxylic acids is 1. The van der Waals surface area contributed by atoms with Crippen LogP contribution in [0.15, 0.2) is 33.5 Å². The van der Waals surface area contributed by atoms with Crippen LogP contribution in [0.25, 0.3) is 11.0 Å². The molecular formula is C17H17N2O7-. The molecule has 0 unspecified atom stereocenters. The third-order valence-corrected chi connectivity index (χ3v) is 3.46. The Bertz CT molecular complexity index is 904. The third kappa shape index (κ3) is 5.07. The number of amides is 2. The van der Waals surface area contributed by atoms with Crippen molar-refractivity contribution in [1.29, 1.82) is 0 Å². The van der Waals surface area contributed by atoms with Crippen LogP contribution in [-0.2, 0) is 14.4 Å². The summed E-state index contributed by atoms with van der Waals surface area (Å²) < 4.78 is 10.6. The molecule has 9 nitrogen and oxygen atoms in total. The van der Waals surface area contributed by atoms with Crippen molar-refractivity contribution in [2.75, 3.05) is 13.1 Å². The van der Waals surface area contributed by atoms with Gasteiger partial charge >= 0.3 is 5.63 Å². The van der Waals surface area contributed by atoms with Gasteiger partial charge in [-0.3, -0.25) is 9.59 Å². The van der Waals surface area contributed by atoms with Crippen molar-refractivity contribution >= 4 is 28.8 Å². The van der Waals surface area contributed by atoms with E-state index in [2.05, 4.69) is 10.6 Å². The summed E-state index contributed by atoms with van der Waals surface area (Å²) in [6.45, 7) is 2.22. The van der Waals surface area contributed by atoms with E-state index in [0.717, 1.165) is 10.9 Å². The molecule has 0 spiro atoms. The van der Waals surface area contributed by atoms with Gasteiger partial charge in [-0.2, -0.15) is 0 Å². The Morgan fingerprint density at radius 2 is 1.92 bits per heavy atom. The topological polar surface area (TPSA) is 138 Å². The number of carbonyl (C=O) groups is 3. The zero-order valence-electron chi connectivity index (χ0n) is 14.2. The Kier molecular flexibility index (Phi) is 5.94. The number of nitrogens with one attached hydrogen (secondary N) is 2. The fraction of sp³-hybridized carbons (Fsp3) is 0.294. The second kappa shape index (κ2) is 8.15. The van der Waals surface area contributed by atoms with E-state index in [0.29, 0.717) is 11.3 Å². The summed E-state index contributed by atoms with van der Waals surface area (Å²) in [6, 6.07) is 6.22. The maximum Gasteiger partial charge on any atom is 0.336 e. The van der Waals surface area contributed by atoms with Gasteiger partial charge in [-0.15, -0.1) is 0 Å². The molecule has 0 radical (unpaired) electrons. The number of aliphatic carboxylic acids is 1. The van der Waals surface area contributed by atoms with Crippen LogP contribution in [0.1, 0.15) is 12.5 Å². The minimum Gasteiger partial charge on any atom is -0.548 e. The largest absolute Gasteiger partial charge is 0.548 e. The summed E-state index contributed by atoms with van der Waals surface area (Å²) in [7, 11) is 0. The van der Waals surface area contributed by atoms with E-state index >= 15 is 0 Å². The number of rotatable bonds is 7. The van der Waals surface area contributed by atoms with Crippen molar-refractivity contribution in [3.8, 4) is 5.75 Å². The monoisotopic (exact) mass is 361 g/mol. The zero-order chi connectivity index (χ0) is 19.3. The van der Waals surface area contributed by atoms with Gasteiger partial charge in [0, 0.05) is 17.5 Å². The molecule has 138 valence electrons. The fourth-order valence-electron chi connectivity index (χ4n) is 2.18. The predicted octanol–water partition coefficient (Wildman–Crippen LogP) is -1.15. The molecular weight excluding hydrogens is 344 g/mol. The molecule has 1 atom stereocenters. The third-order valence-electron chi connectivity index (χ3n) is 3.46. The quantitative estimate of drug-likeness (QED) is 0.594. The molecule has 2 amide bonds. The normalized spacial score (nSPS) is 11.6. The summed E-state index contributed by atoms with van der Waals surface area (Å²) in [5.74, 6) is -2.35. The average molecular weight is 361 g/mol. The SMILES string of the molecule is Cc1cc(=O)oc2cc(O[C@H](C)C(=O)NCC(=O)NCC(=O)[O-])ccc12. The van der Waals surface area contributed by atoms with Crippen LogP contribution in [0, 0.1) is 6.92 Å². The predicted molar refractivity (Wildman–Crippen MR) is 88.3 cm³/mol. The second-order valence-corrected chi connectivity index (χ2v) is 5.53. The summed E-state index contributed by atoms with van der Waals surface area (Å²) in [5, 5.41) is 15.4. The van der Waals surface area contributed by atoms with Crippen LogP contribution < -0.4 is 26.1 Å². The van der Waals surface area contributed by atoms with E-state index in [1.54, 1.807) is 19.1 Å². The molecule has 26 heavy (non-hydrogen) atoms. The van der Waals surface area contributed by atoms with E-state index in [4.69, 9.17) is 9.15 Å². The van der Waals surface area contributed by atoms with Crippen LogP contribution in [0.3, 0.4) is 0 Å². The minimum atomic E-state index is -1.43. The number of hydrogen-bond donors (Lipinski definition) is 2. The van der Waals surface area contributed by atoms with Gasteiger partial charge in [0.2, 0.25) is 5.91 Å². The highest BCUT2D eigenvalue weighted by Crippen LogP contribution is 2.22. The molecule has 9 heteroatoms. The number of carbonyl (C=O) groups excluding carboxylic acids is 3. The molecule has 0 saturated carbocycles.